The van der Waals surface area contributed by atoms with E-state index in [1.54, 1.807) is 0 Å². The Hall–Kier alpha value is -1.65. The Balaban J connectivity index is 2.18. The van der Waals surface area contributed by atoms with Gasteiger partial charge in [-0.15, -0.1) is 0 Å². The molecule has 0 aliphatic heterocycles. The smallest absolute Gasteiger partial charge is 0.0661 e. The zero-order valence-electron chi connectivity index (χ0n) is 13.1. The van der Waals surface area contributed by atoms with Crippen LogP contribution in [0, 0.1) is 13.8 Å². The van der Waals surface area contributed by atoms with Gasteiger partial charge < -0.3 is 10.8 Å². The van der Waals surface area contributed by atoms with Crippen molar-refractivity contribution in [3.05, 3.63) is 52.8 Å². The van der Waals surface area contributed by atoms with E-state index in [0.717, 1.165) is 17.7 Å². The first kappa shape index (κ1) is 15.7. The minimum atomic E-state index is -0.722. The van der Waals surface area contributed by atoms with Crippen LogP contribution in [0.1, 0.15) is 35.9 Å². The van der Waals surface area contributed by atoms with E-state index in [2.05, 4.69) is 18.9 Å². The molecule has 114 valence electrons. The molecule has 4 nitrogen and oxygen atoms in total. The molecular weight excluding hydrogens is 262 g/mol. The number of benzene rings is 1. The molecule has 3 N–H and O–H groups in total. The zero-order chi connectivity index (χ0) is 15.5. The van der Waals surface area contributed by atoms with Gasteiger partial charge in [0.05, 0.1) is 17.8 Å². The average Bonchev–Trinajstić information content (AvgIpc) is 2.79. The van der Waals surface area contributed by atoms with Crippen molar-refractivity contribution >= 4 is 0 Å². The number of aliphatic hydroxyl groups excluding tert-OH is 1. The predicted octanol–water partition coefficient (Wildman–Crippen LogP) is 2.30. The molecule has 0 spiro atoms. The van der Waals surface area contributed by atoms with Crippen LogP contribution in [0.15, 0.2) is 30.3 Å². The van der Waals surface area contributed by atoms with Crippen LogP contribution < -0.4 is 5.73 Å². The van der Waals surface area contributed by atoms with Crippen molar-refractivity contribution in [2.45, 2.75) is 45.7 Å². The maximum atomic E-state index is 9.74. The summed E-state index contributed by atoms with van der Waals surface area (Å²) in [6.07, 6.45) is 1.64. The fourth-order valence-electron chi connectivity index (χ4n) is 2.85. The van der Waals surface area contributed by atoms with Gasteiger partial charge in [0, 0.05) is 12.2 Å². The second-order valence-corrected chi connectivity index (χ2v) is 5.66. The van der Waals surface area contributed by atoms with Crippen LogP contribution in [0.2, 0.25) is 0 Å². The van der Waals surface area contributed by atoms with Gasteiger partial charge in [-0.05, 0) is 37.8 Å². The predicted molar refractivity (Wildman–Crippen MR) is 85.1 cm³/mol. The molecule has 0 saturated carbocycles. The topological polar surface area (TPSA) is 64.1 Å². The van der Waals surface area contributed by atoms with Gasteiger partial charge in [-0.1, -0.05) is 37.3 Å². The van der Waals surface area contributed by atoms with Gasteiger partial charge in [-0.3, -0.25) is 4.68 Å². The molecule has 1 unspecified atom stereocenters. The fraction of sp³-hybridized carbons (Fsp3) is 0.471. The maximum absolute atomic E-state index is 9.74. The van der Waals surface area contributed by atoms with E-state index in [1.165, 1.54) is 11.3 Å². The van der Waals surface area contributed by atoms with Crippen LogP contribution in [-0.4, -0.2) is 21.5 Å². The number of aliphatic hydroxyl groups is 1. The lowest BCUT2D eigenvalue weighted by Crippen LogP contribution is -2.41. The van der Waals surface area contributed by atoms with Crippen LogP contribution >= 0.6 is 0 Å². The molecule has 2 rings (SSSR count). The van der Waals surface area contributed by atoms with Crippen LogP contribution in [0.5, 0.6) is 0 Å². The molecule has 1 aromatic heterocycles. The van der Waals surface area contributed by atoms with E-state index < -0.39 is 5.54 Å². The number of hydrogen-bond acceptors (Lipinski definition) is 3. The van der Waals surface area contributed by atoms with Gasteiger partial charge in [0.15, 0.2) is 0 Å². The van der Waals surface area contributed by atoms with E-state index in [9.17, 15) is 5.11 Å². The molecule has 21 heavy (non-hydrogen) atoms. The minimum absolute atomic E-state index is 0.0725. The standard InChI is InChI=1S/C17H25N3O/c1-4-16-13(2)19-20(14(16)3)11-10-17(18,12-21)15-8-6-5-7-9-15/h5-9,21H,4,10-12,18H2,1-3H3. The Kier molecular flexibility index (Phi) is 4.80. The number of hydrogen-bond donors (Lipinski definition) is 2. The lowest BCUT2D eigenvalue weighted by molar-refractivity contribution is 0.180. The highest BCUT2D eigenvalue weighted by Crippen LogP contribution is 2.23. The van der Waals surface area contributed by atoms with Crippen molar-refractivity contribution in [3.8, 4) is 0 Å². The van der Waals surface area contributed by atoms with E-state index in [1.807, 2.05) is 41.9 Å². The Morgan fingerprint density at radius 1 is 1.24 bits per heavy atom. The van der Waals surface area contributed by atoms with Crippen molar-refractivity contribution in [2.75, 3.05) is 6.61 Å². The van der Waals surface area contributed by atoms with Crippen molar-refractivity contribution in [2.24, 2.45) is 5.73 Å². The third-order valence-electron chi connectivity index (χ3n) is 4.29. The van der Waals surface area contributed by atoms with Crippen LogP contribution in [0.25, 0.3) is 0 Å². The highest BCUT2D eigenvalue weighted by molar-refractivity contribution is 5.25. The van der Waals surface area contributed by atoms with Crippen molar-refractivity contribution in [3.63, 3.8) is 0 Å². The maximum Gasteiger partial charge on any atom is 0.0661 e. The minimum Gasteiger partial charge on any atom is -0.394 e. The van der Waals surface area contributed by atoms with Crippen molar-refractivity contribution in [1.29, 1.82) is 0 Å². The largest absolute Gasteiger partial charge is 0.394 e. The van der Waals surface area contributed by atoms with E-state index >= 15 is 0 Å². The van der Waals surface area contributed by atoms with Gasteiger partial charge in [-0.2, -0.15) is 5.10 Å². The Morgan fingerprint density at radius 3 is 2.43 bits per heavy atom. The third kappa shape index (κ3) is 3.17. The summed E-state index contributed by atoms with van der Waals surface area (Å²) in [5.74, 6) is 0. The molecule has 0 bridgehead atoms. The van der Waals surface area contributed by atoms with E-state index in [-0.39, 0.29) is 6.61 Å². The van der Waals surface area contributed by atoms with Crippen LogP contribution in [-0.2, 0) is 18.5 Å². The molecule has 1 heterocycles. The van der Waals surface area contributed by atoms with E-state index in [4.69, 9.17) is 5.73 Å². The SMILES string of the molecule is CCc1c(C)nn(CCC(N)(CO)c2ccccc2)c1C. The summed E-state index contributed by atoms with van der Waals surface area (Å²) in [5, 5.41) is 14.3. The van der Waals surface area contributed by atoms with Gasteiger partial charge in [0.25, 0.3) is 0 Å². The Morgan fingerprint density at radius 2 is 1.90 bits per heavy atom. The summed E-state index contributed by atoms with van der Waals surface area (Å²) < 4.78 is 2.01. The highest BCUT2D eigenvalue weighted by Gasteiger charge is 2.26. The van der Waals surface area contributed by atoms with E-state index in [0.29, 0.717) is 13.0 Å². The molecule has 0 fully saturated rings. The molecule has 2 aromatic rings. The number of aryl methyl sites for hydroxylation is 2. The van der Waals surface area contributed by atoms with Crippen LogP contribution in [0.3, 0.4) is 0 Å². The summed E-state index contributed by atoms with van der Waals surface area (Å²) in [4.78, 5) is 0. The first-order valence-electron chi connectivity index (χ1n) is 7.50. The Labute approximate surface area is 126 Å². The summed E-state index contributed by atoms with van der Waals surface area (Å²) in [7, 11) is 0. The number of nitrogens with zero attached hydrogens (tertiary/aromatic N) is 2. The highest BCUT2D eigenvalue weighted by atomic mass is 16.3. The molecule has 4 heteroatoms. The number of rotatable bonds is 6. The molecule has 1 aromatic carbocycles. The zero-order valence-corrected chi connectivity index (χ0v) is 13.1. The van der Waals surface area contributed by atoms with Crippen molar-refractivity contribution < 1.29 is 5.11 Å². The molecule has 0 amide bonds. The van der Waals surface area contributed by atoms with Gasteiger partial charge in [0.2, 0.25) is 0 Å². The second kappa shape index (κ2) is 6.41. The first-order chi connectivity index (χ1) is 10.0. The molecule has 0 radical (unpaired) electrons. The lowest BCUT2D eigenvalue weighted by atomic mass is 9.88. The molecule has 0 aliphatic rings. The molecular formula is C17H25N3O. The lowest BCUT2D eigenvalue weighted by Gasteiger charge is -2.28. The quantitative estimate of drug-likeness (QED) is 0.857. The van der Waals surface area contributed by atoms with Crippen molar-refractivity contribution in [1.82, 2.24) is 9.78 Å². The van der Waals surface area contributed by atoms with Gasteiger partial charge >= 0.3 is 0 Å². The fourth-order valence-corrected chi connectivity index (χ4v) is 2.85. The second-order valence-electron chi connectivity index (χ2n) is 5.66. The molecule has 1 atom stereocenters. The molecule has 0 aliphatic carbocycles. The normalized spacial score (nSPS) is 14.1. The first-order valence-corrected chi connectivity index (χ1v) is 7.50. The summed E-state index contributed by atoms with van der Waals surface area (Å²) in [5.41, 5.74) is 10.2. The van der Waals surface area contributed by atoms with Crippen LogP contribution in [0.4, 0.5) is 0 Å². The number of aromatic nitrogens is 2. The molecule has 0 saturated heterocycles. The van der Waals surface area contributed by atoms with Gasteiger partial charge in [-0.25, -0.2) is 0 Å². The summed E-state index contributed by atoms with van der Waals surface area (Å²) in [6, 6.07) is 9.79. The summed E-state index contributed by atoms with van der Waals surface area (Å²) in [6.45, 7) is 6.92. The van der Waals surface area contributed by atoms with Gasteiger partial charge in [0.1, 0.15) is 0 Å². The monoisotopic (exact) mass is 287 g/mol. The Bertz CT molecular complexity index is 592. The average molecular weight is 287 g/mol. The third-order valence-corrected chi connectivity index (χ3v) is 4.29. The summed E-state index contributed by atoms with van der Waals surface area (Å²) >= 11 is 0. The number of nitrogens with two attached hydrogens (primary N) is 1.